The van der Waals surface area contributed by atoms with Gasteiger partial charge >= 0.3 is 5.97 Å². The van der Waals surface area contributed by atoms with Crippen LogP contribution in [0, 0.1) is 11.7 Å². The molecule has 1 aliphatic carbocycles. The first-order chi connectivity index (χ1) is 15.0. The van der Waals surface area contributed by atoms with Gasteiger partial charge in [0.15, 0.2) is 11.0 Å². The molecule has 8 heteroatoms. The molecule has 3 aliphatic rings. The first kappa shape index (κ1) is 20.2. The first-order valence-electron chi connectivity index (χ1n) is 10.4. The largest absolute Gasteiger partial charge is 0.492 e. The van der Waals surface area contributed by atoms with Gasteiger partial charge in [-0.15, -0.1) is 0 Å². The zero-order chi connectivity index (χ0) is 21.5. The second kappa shape index (κ2) is 8.09. The van der Waals surface area contributed by atoms with Crippen molar-refractivity contribution in [1.82, 2.24) is 5.32 Å². The highest BCUT2D eigenvalue weighted by Crippen LogP contribution is 2.55. The highest BCUT2D eigenvalue weighted by atomic mass is 32.2. The average molecular weight is 443 g/mol. The fourth-order valence-electron chi connectivity index (χ4n) is 4.42. The number of aromatic carboxylic acids is 1. The minimum absolute atomic E-state index is 0.00874. The lowest BCUT2D eigenvalue weighted by Crippen LogP contribution is -2.18. The molecule has 0 amide bonds. The molecule has 1 saturated carbocycles. The van der Waals surface area contributed by atoms with Gasteiger partial charge in [-0.05, 0) is 67.1 Å². The van der Waals surface area contributed by atoms with Crippen molar-refractivity contribution in [1.29, 1.82) is 0 Å². The van der Waals surface area contributed by atoms with Crippen LogP contribution in [0.1, 0.15) is 46.7 Å². The number of benzene rings is 2. The lowest BCUT2D eigenvalue weighted by molar-refractivity contribution is 0.0692. The van der Waals surface area contributed by atoms with E-state index in [1.165, 1.54) is 18.2 Å². The Kier molecular flexibility index (Phi) is 5.27. The Hall–Kier alpha value is -2.71. The second-order valence-electron chi connectivity index (χ2n) is 8.24. The van der Waals surface area contributed by atoms with Crippen molar-refractivity contribution >= 4 is 28.7 Å². The molecule has 31 heavy (non-hydrogen) atoms. The van der Waals surface area contributed by atoms with E-state index in [2.05, 4.69) is 10.0 Å². The Balaban J connectivity index is 1.45. The van der Waals surface area contributed by atoms with E-state index in [9.17, 15) is 18.5 Å². The number of halogens is 1. The third kappa shape index (κ3) is 3.97. The molecular weight excluding hydrogens is 419 g/mol. The summed E-state index contributed by atoms with van der Waals surface area (Å²) < 4.78 is 35.6. The van der Waals surface area contributed by atoms with Gasteiger partial charge in [-0.3, -0.25) is 0 Å². The van der Waals surface area contributed by atoms with Crippen molar-refractivity contribution < 1.29 is 23.2 Å². The predicted molar refractivity (Wildman–Crippen MR) is 116 cm³/mol. The predicted octanol–water partition coefficient (Wildman–Crippen LogP) is 3.92. The van der Waals surface area contributed by atoms with Crippen molar-refractivity contribution in [3.05, 3.63) is 58.9 Å². The molecule has 0 radical (unpaired) electrons. The molecule has 0 bridgehead atoms. The molecule has 1 unspecified atom stereocenters. The zero-order valence-corrected chi connectivity index (χ0v) is 17.6. The first-order valence-corrected chi connectivity index (χ1v) is 11.6. The quantitative estimate of drug-likeness (QED) is 0.631. The SMILES string of the molecule is O=C(O)c1c(NS(=O)c2ccc(F)cc2/C=C\[C@@H]2CCCN2)ccc2c1OC[C@@H]1C[C@H]21. The fraction of sp³-hybridized carbons (Fsp3) is 0.348. The summed E-state index contributed by atoms with van der Waals surface area (Å²) in [6.07, 6.45) is 6.80. The minimum Gasteiger partial charge on any atom is -0.492 e. The third-order valence-electron chi connectivity index (χ3n) is 6.15. The topological polar surface area (TPSA) is 87.7 Å². The van der Waals surface area contributed by atoms with Gasteiger partial charge in [-0.2, -0.15) is 0 Å². The summed E-state index contributed by atoms with van der Waals surface area (Å²) >= 11 is 0. The molecule has 5 rings (SSSR count). The standard InChI is InChI=1S/C23H23FN2O4S/c24-15-4-8-20(13(10-15)3-5-16-2-1-9-25-16)31(29)26-19-7-6-17-18-11-14(18)12-30-22(17)21(19)23(27)28/h3-8,10,14,16,18,25-26H,1-2,9,11-12H2,(H,27,28)/b5-3-/t14-,16-,18-,31?/m0/s1. The van der Waals surface area contributed by atoms with Crippen molar-refractivity contribution in [3.8, 4) is 5.75 Å². The molecule has 162 valence electrons. The van der Waals surface area contributed by atoms with E-state index in [0.717, 1.165) is 31.4 Å². The van der Waals surface area contributed by atoms with Gasteiger partial charge in [0.05, 0.1) is 17.2 Å². The molecule has 3 N–H and O–H groups in total. The zero-order valence-electron chi connectivity index (χ0n) is 16.8. The Morgan fingerprint density at radius 3 is 2.97 bits per heavy atom. The maximum absolute atomic E-state index is 13.9. The summed E-state index contributed by atoms with van der Waals surface area (Å²) in [7, 11) is -1.79. The van der Waals surface area contributed by atoms with Crippen LogP contribution in [0.2, 0.25) is 0 Å². The summed E-state index contributed by atoms with van der Waals surface area (Å²) in [4.78, 5) is 12.4. The number of anilines is 1. The maximum atomic E-state index is 13.9. The van der Waals surface area contributed by atoms with Crippen molar-refractivity contribution in [2.45, 2.75) is 36.1 Å². The molecule has 2 heterocycles. The van der Waals surface area contributed by atoms with Gasteiger partial charge < -0.3 is 19.9 Å². The lowest BCUT2D eigenvalue weighted by atomic mass is 10.0. The van der Waals surface area contributed by atoms with Crippen molar-refractivity contribution in [2.75, 3.05) is 17.9 Å². The smallest absolute Gasteiger partial charge is 0.341 e. The summed E-state index contributed by atoms with van der Waals surface area (Å²) in [5.41, 5.74) is 1.61. The highest BCUT2D eigenvalue weighted by Gasteiger charge is 2.45. The molecule has 2 aromatic rings. The number of hydrogen-bond donors (Lipinski definition) is 3. The third-order valence-corrected chi connectivity index (χ3v) is 7.32. The van der Waals surface area contributed by atoms with Crippen LogP contribution in [-0.4, -0.2) is 34.5 Å². The molecule has 1 saturated heterocycles. The number of carbonyl (C=O) groups is 1. The monoisotopic (exact) mass is 442 g/mol. The molecule has 2 fully saturated rings. The number of fused-ring (bicyclic) bond motifs is 3. The van der Waals surface area contributed by atoms with E-state index in [1.54, 1.807) is 12.1 Å². The maximum Gasteiger partial charge on any atom is 0.341 e. The van der Waals surface area contributed by atoms with Crippen LogP contribution in [0.5, 0.6) is 5.75 Å². The van der Waals surface area contributed by atoms with Crippen LogP contribution in [0.25, 0.3) is 6.08 Å². The van der Waals surface area contributed by atoms with Crippen molar-refractivity contribution in [3.63, 3.8) is 0 Å². The van der Waals surface area contributed by atoms with E-state index in [4.69, 9.17) is 4.74 Å². The Labute approximate surface area is 182 Å². The summed E-state index contributed by atoms with van der Waals surface area (Å²) in [5, 5.41) is 13.1. The highest BCUT2D eigenvalue weighted by molar-refractivity contribution is 7.86. The fourth-order valence-corrected chi connectivity index (χ4v) is 5.43. The van der Waals surface area contributed by atoms with E-state index < -0.39 is 22.8 Å². The number of ether oxygens (including phenoxy) is 1. The minimum atomic E-state index is -1.79. The normalized spacial score (nSPS) is 24.9. The molecule has 6 nitrogen and oxygen atoms in total. The van der Waals surface area contributed by atoms with Gasteiger partial charge in [0.1, 0.15) is 17.1 Å². The Bertz CT molecular complexity index is 1100. The van der Waals surface area contributed by atoms with E-state index >= 15 is 0 Å². The molecule has 4 atom stereocenters. The van der Waals surface area contributed by atoms with Gasteiger partial charge in [-0.25, -0.2) is 13.4 Å². The van der Waals surface area contributed by atoms with Gasteiger partial charge in [0.25, 0.3) is 0 Å². The molecule has 0 aromatic heterocycles. The Morgan fingerprint density at radius 1 is 1.32 bits per heavy atom. The van der Waals surface area contributed by atoms with Crippen LogP contribution in [0.4, 0.5) is 10.1 Å². The average Bonchev–Trinajstić information content (AvgIpc) is 3.36. The van der Waals surface area contributed by atoms with Crippen LogP contribution >= 0.6 is 0 Å². The number of nitrogens with one attached hydrogen (secondary N) is 2. The van der Waals surface area contributed by atoms with E-state index in [-0.39, 0.29) is 17.3 Å². The van der Waals surface area contributed by atoms with Crippen LogP contribution < -0.4 is 14.8 Å². The number of hydrogen-bond acceptors (Lipinski definition) is 4. The number of carboxylic acid groups (broad SMARTS) is 1. The molecule has 2 aliphatic heterocycles. The van der Waals surface area contributed by atoms with Crippen LogP contribution in [-0.2, 0) is 11.0 Å². The van der Waals surface area contributed by atoms with Gasteiger partial charge in [-0.1, -0.05) is 18.2 Å². The van der Waals surface area contributed by atoms with Crippen LogP contribution in [0.3, 0.4) is 0 Å². The van der Waals surface area contributed by atoms with Gasteiger partial charge in [0.2, 0.25) is 0 Å². The summed E-state index contributed by atoms with van der Waals surface area (Å²) in [6, 6.07) is 7.75. The second-order valence-corrected chi connectivity index (χ2v) is 9.42. The molecular formula is C23H23FN2O4S. The summed E-state index contributed by atoms with van der Waals surface area (Å²) in [6.45, 7) is 1.45. The van der Waals surface area contributed by atoms with E-state index in [0.29, 0.717) is 34.7 Å². The van der Waals surface area contributed by atoms with E-state index in [1.807, 2.05) is 12.1 Å². The number of rotatable bonds is 6. The molecule has 2 aromatic carbocycles. The lowest BCUT2D eigenvalue weighted by Gasteiger charge is -2.21. The number of carboxylic acids is 1. The molecule has 0 spiro atoms. The van der Waals surface area contributed by atoms with Gasteiger partial charge in [0, 0.05) is 12.0 Å². The van der Waals surface area contributed by atoms with Crippen molar-refractivity contribution in [2.24, 2.45) is 5.92 Å². The van der Waals surface area contributed by atoms with Crippen LogP contribution in [0.15, 0.2) is 41.3 Å². The summed E-state index contributed by atoms with van der Waals surface area (Å²) in [5.74, 6) is -0.390. The Morgan fingerprint density at radius 2 is 2.19 bits per heavy atom.